The van der Waals surface area contributed by atoms with Crippen LogP contribution in [0, 0.1) is 0 Å². The summed E-state index contributed by atoms with van der Waals surface area (Å²) in [5.41, 5.74) is 3.41. The number of nitrogens with zero attached hydrogens (tertiary/aromatic N) is 8. The SMILES string of the molecule is CN(C)c1ncc2c(n1)C1(CCCN(c3ccc(-c4nccn4C)nn3)C1)CC2. The maximum absolute atomic E-state index is 4.96. The number of fused-ring (bicyclic) bond motifs is 2. The molecule has 0 radical (unpaired) electrons. The Morgan fingerprint density at radius 2 is 2.00 bits per heavy atom. The molecular formula is C21H26N8. The number of rotatable bonds is 3. The molecule has 1 unspecified atom stereocenters. The second kappa shape index (κ2) is 6.79. The van der Waals surface area contributed by atoms with Crippen LogP contribution in [0.3, 0.4) is 0 Å². The van der Waals surface area contributed by atoms with E-state index in [4.69, 9.17) is 4.98 Å². The predicted octanol–water partition coefficient (Wildman–Crippen LogP) is 2.22. The lowest BCUT2D eigenvalue weighted by molar-refractivity contribution is 0.333. The highest BCUT2D eigenvalue weighted by Crippen LogP contribution is 2.44. The zero-order valence-electron chi connectivity index (χ0n) is 17.2. The summed E-state index contributed by atoms with van der Waals surface area (Å²) in [5, 5.41) is 8.98. The molecule has 1 spiro atoms. The molecule has 0 bridgehead atoms. The summed E-state index contributed by atoms with van der Waals surface area (Å²) in [6, 6.07) is 4.08. The van der Waals surface area contributed by atoms with Crippen molar-refractivity contribution in [3.8, 4) is 11.5 Å². The molecule has 4 heterocycles. The van der Waals surface area contributed by atoms with Crippen molar-refractivity contribution in [3.63, 3.8) is 0 Å². The van der Waals surface area contributed by atoms with Gasteiger partial charge in [0.2, 0.25) is 5.95 Å². The van der Waals surface area contributed by atoms with Crippen LogP contribution in [0.2, 0.25) is 0 Å². The van der Waals surface area contributed by atoms with Gasteiger partial charge in [0.25, 0.3) is 0 Å². The number of hydrogen-bond donors (Lipinski definition) is 0. The number of anilines is 2. The van der Waals surface area contributed by atoms with Crippen LogP contribution in [0.4, 0.5) is 11.8 Å². The fraction of sp³-hybridized carbons (Fsp3) is 0.476. The smallest absolute Gasteiger partial charge is 0.225 e. The Bertz CT molecular complexity index is 1020. The summed E-state index contributed by atoms with van der Waals surface area (Å²) in [6.45, 7) is 1.93. The molecule has 1 aliphatic heterocycles. The summed E-state index contributed by atoms with van der Waals surface area (Å²) in [6.07, 6.45) is 10.2. The van der Waals surface area contributed by atoms with Crippen LogP contribution in [0.1, 0.15) is 30.5 Å². The van der Waals surface area contributed by atoms with Crippen LogP contribution in [-0.2, 0) is 18.9 Å². The van der Waals surface area contributed by atoms with Crippen LogP contribution in [-0.4, -0.2) is 56.9 Å². The van der Waals surface area contributed by atoms with Crippen LogP contribution in [0.15, 0.2) is 30.7 Å². The molecular weight excluding hydrogens is 364 g/mol. The number of imidazole rings is 1. The molecule has 3 aromatic rings. The lowest BCUT2D eigenvalue weighted by Gasteiger charge is -2.41. The molecule has 0 aromatic carbocycles. The van der Waals surface area contributed by atoms with Gasteiger partial charge >= 0.3 is 0 Å². The highest BCUT2D eigenvalue weighted by molar-refractivity contribution is 5.52. The van der Waals surface area contributed by atoms with Gasteiger partial charge in [0.1, 0.15) is 5.69 Å². The normalized spacial score (nSPS) is 20.9. The zero-order valence-corrected chi connectivity index (χ0v) is 17.2. The molecule has 0 N–H and O–H groups in total. The molecule has 8 nitrogen and oxygen atoms in total. The Labute approximate surface area is 170 Å². The van der Waals surface area contributed by atoms with Crippen molar-refractivity contribution in [2.45, 2.75) is 31.1 Å². The number of aryl methyl sites for hydroxylation is 2. The van der Waals surface area contributed by atoms with E-state index in [0.717, 1.165) is 55.6 Å². The molecule has 29 heavy (non-hydrogen) atoms. The highest BCUT2D eigenvalue weighted by atomic mass is 15.3. The van der Waals surface area contributed by atoms with Gasteiger partial charge in [0.05, 0.1) is 5.69 Å². The van der Waals surface area contributed by atoms with Crippen LogP contribution < -0.4 is 9.80 Å². The van der Waals surface area contributed by atoms with Gasteiger partial charge < -0.3 is 14.4 Å². The van der Waals surface area contributed by atoms with Crippen molar-refractivity contribution in [3.05, 3.63) is 42.0 Å². The second-order valence-electron chi connectivity index (χ2n) is 8.38. The highest BCUT2D eigenvalue weighted by Gasteiger charge is 2.44. The van der Waals surface area contributed by atoms with E-state index in [-0.39, 0.29) is 5.41 Å². The molecule has 1 saturated heterocycles. The van der Waals surface area contributed by atoms with E-state index in [1.165, 1.54) is 17.7 Å². The summed E-state index contributed by atoms with van der Waals surface area (Å²) in [5.74, 6) is 2.55. The molecule has 3 aromatic heterocycles. The summed E-state index contributed by atoms with van der Waals surface area (Å²) in [4.78, 5) is 18.2. The maximum Gasteiger partial charge on any atom is 0.225 e. The van der Waals surface area contributed by atoms with Gasteiger partial charge in [-0.15, -0.1) is 10.2 Å². The first-order chi connectivity index (χ1) is 14.1. The van der Waals surface area contributed by atoms with E-state index < -0.39 is 0 Å². The number of piperidine rings is 1. The fourth-order valence-corrected chi connectivity index (χ4v) is 4.70. The zero-order chi connectivity index (χ0) is 20.0. The molecule has 1 atom stereocenters. The van der Waals surface area contributed by atoms with E-state index in [1.807, 2.05) is 49.1 Å². The average Bonchev–Trinajstić information content (AvgIpc) is 3.32. The van der Waals surface area contributed by atoms with Gasteiger partial charge in [-0.05, 0) is 43.4 Å². The van der Waals surface area contributed by atoms with Gasteiger partial charge in [-0.3, -0.25) is 0 Å². The molecule has 1 fully saturated rings. The van der Waals surface area contributed by atoms with Gasteiger partial charge in [-0.25, -0.2) is 15.0 Å². The first kappa shape index (κ1) is 18.0. The van der Waals surface area contributed by atoms with Crippen molar-refractivity contribution in [1.82, 2.24) is 29.7 Å². The summed E-state index contributed by atoms with van der Waals surface area (Å²) in [7, 11) is 5.96. The minimum Gasteiger partial charge on any atom is -0.354 e. The van der Waals surface area contributed by atoms with Crippen LogP contribution in [0.25, 0.3) is 11.5 Å². The van der Waals surface area contributed by atoms with Gasteiger partial charge in [0.15, 0.2) is 11.6 Å². The average molecular weight is 390 g/mol. The van der Waals surface area contributed by atoms with Crippen molar-refractivity contribution < 1.29 is 0 Å². The van der Waals surface area contributed by atoms with Crippen molar-refractivity contribution in [2.24, 2.45) is 7.05 Å². The Balaban J connectivity index is 1.42. The monoisotopic (exact) mass is 390 g/mol. The standard InChI is InChI=1S/C21H26N8/c1-27(2)20-23-13-15-7-9-21(18(15)24-20)8-4-11-29(14-21)17-6-5-16(25-26-17)19-22-10-12-28(19)3/h5-6,10,12-13H,4,7-9,11,14H2,1-3H3. The lowest BCUT2D eigenvalue weighted by Crippen LogP contribution is -2.46. The third kappa shape index (κ3) is 3.03. The topological polar surface area (TPSA) is 75.9 Å². The van der Waals surface area contributed by atoms with E-state index in [1.54, 1.807) is 6.20 Å². The van der Waals surface area contributed by atoms with Gasteiger partial charge in [-0.1, -0.05) is 0 Å². The van der Waals surface area contributed by atoms with Crippen molar-refractivity contribution >= 4 is 11.8 Å². The minimum atomic E-state index is 0.0846. The largest absolute Gasteiger partial charge is 0.354 e. The maximum atomic E-state index is 4.96. The molecule has 8 heteroatoms. The van der Waals surface area contributed by atoms with Gasteiger partial charge in [-0.2, -0.15) is 0 Å². The van der Waals surface area contributed by atoms with E-state index in [9.17, 15) is 0 Å². The Kier molecular flexibility index (Phi) is 4.22. The third-order valence-corrected chi connectivity index (χ3v) is 6.23. The Morgan fingerprint density at radius 3 is 2.72 bits per heavy atom. The molecule has 0 amide bonds. The van der Waals surface area contributed by atoms with Crippen molar-refractivity contribution in [2.75, 3.05) is 37.0 Å². The summed E-state index contributed by atoms with van der Waals surface area (Å²) >= 11 is 0. The number of hydrogen-bond acceptors (Lipinski definition) is 7. The third-order valence-electron chi connectivity index (χ3n) is 6.23. The van der Waals surface area contributed by atoms with Gasteiger partial charge in [0, 0.05) is 58.2 Å². The molecule has 1 aliphatic carbocycles. The van der Waals surface area contributed by atoms with Crippen molar-refractivity contribution in [1.29, 1.82) is 0 Å². The first-order valence-corrected chi connectivity index (χ1v) is 10.2. The summed E-state index contributed by atoms with van der Waals surface area (Å²) < 4.78 is 1.96. The minimum absolute atomic E-state index is 0.0846. The quantitative estimate of drug-likeness (QED) is 0.679. The molecule has 5 rings (SSSR count). The van der Waals surface area contributed by atoms with Crippen LogP contribution >= 0.6 is 0 Å². The molecule has 150 valence electrons. The van der Waals surface area contributed by atoms with Crippen LogP contribution in [0.5, 0.6) is 0 Å². The lowest BCUT2D eigenvalue weighted by atomic mass is 9.77. The van der Waals surface area contributed by atoms with E-state index >= 15 is 0 Å². The second-order valence-corrected chi connectivity index (χ2v) is 8.38. The predicted molar refractivity (Wildman–Crippen MR) is 112 cm³/mol. The molecule has 0 saturated carbocycles. The number of aromatic nitrogens is 6. The fourth-order valence-electron chi connectivity index (χ4n) is 4.70. The van der Waals surface area contributed by atoms with E-state index in [2.05, 4.69) is 31.1 Å². The van der Waals surface area contributed by atoms with E-state index in [0.29, 0.717) is 0 Å². The Morgan fingerprint density at radius 1 is 1.10 bits per heavy atom. The molecule has 2 aliphatic rings. The Hall–Kier alpha value is -3.03. The first-order valence-electron chi connectivity index (χ1n) is 10.2.